The third-order valence-electron chi connectivity index (χ3n) is 4.37. The number of hydrogen-bond donors (Lipinski definition) is 4. The second-order valence-corrected chi connectivity index (χ2v) is 6.11. The molecule has 5 heteroatoms. The number of carbonyl (C=O) groups excluding carboxylic acids is 1. The van der Waals surface area contributed by atoms with Gasteiger partial charge < -0.3 is 20.8 Å². The number of aliphatic hydroxyl groups is 2. The molecule has 0 aliphatic heterocycles. The van der Waals surface area contributed by atoms with E-state index in [9.17, 15) is 15.0 Å². The highest BCUT2D eigenvalue weighted by Crippen LogP contribution is 2.28. The predicted molar refractivity (Wildman–Crippen MR) is 85.7 cm³/mol. The second kappa shape index (κ2) is 8.15. The summed E-state index contributed by atoms with van der Waals surface area (Å²) in [5.41, 5.74) is 0.368. The molecular formula is C17H26N2O3. The largest absolute Gasteiger partial charge is 0.396 e. The summed E-state index contributed by atoms with van der Waals surface area (Å²) in [6.45, 7) is 0.853. The Balaban J connectivity index is 1.78. The molecular weight excluding hydrogens is 280 g/mol. The van der Waals surface area contributed by atoms with Crippen molar-refractivity contribution in [3.8, 4) is 0 Å². The Labute approximate surface area is 131 Å². The first-order valence-corrected chi connectivity index (χ1v) is 8.03. The quantitative estimate of drug-likeness (QED) is 0.619. The second-order valence-electron chi connectivity index (χ2n) is 6.11. The van der Waals surface area contributed by atoms with Crippen molar-refractivity contribution in [3.05, 3.63) is 35.9 Å². The normalized spacial score (nSPS) is 17.9. The van der Waals surface area contributed by atoms with Crippen LogP contribution in [0, 0.1) is 0 Å². The van der Waals surface area contributed by atoms with Crippen LogP contribution in [0.3, 0.4) is 0 Å². The topological polar surface area (TPSA) is 81.6 Å². The number of hydrogen-bond acceptors (Lipinski definition) is 3. The van der Waals surface area contributed by atoms with E-state index >= 15 is 0 Å². The van der Waals surface area contributed by atoms with Gasteiger partial charge in [-0.25, -0.2) is 4.79 Å². The zero-order valence-electron chi connectivity index (χ0n) is 12.9. The van der Waals surface area contributed by atoms with Crippen LogP contribution in [0.5, 0.6) is 0 Å². The van der Waals surface area contributed by atoms with Crippen LogP contribution in [-0.4, -0.2) is 41.5 Å². The SMILES string of the molecule is O=C(NCC(CCO)c1ccccc1)NCC1(O)CCCC1. The molecule has 4 N–H and O–H groups in total. The summed E-state index contributed by atoms with van der Waals surface area (Å²) in [4.78, 5) is 11.9. The van der Waals surface area contributed by atoms with Gasteiger partial charge >= 0.3 is 6.03 Å². The van der Waals surface area contributed by atoms with Crippen LogP contribution in [-0.2, 0) is 0 Å². The van der Waals surface area contributed by atoms with Crippen molar-refractivity contribution in [1.82, 2.24) is 10.6 Å². The lowest BCUT2D eigenvalue weighted by atomic mass is 9.96. The highest BCUT2D eigenvalue weighted by atomic mass is 16.3. The van der Waals surface area contributed by atoms with Crippen molar-refractivity contribution in [3.63, 3.8) is 0 Å². The van der Waals surface area contributed by atoms with E-state index in [0.29, 0.717) is 19.5 Å². The summed E-state index contributed by atoms with van der Waals surface area (Å²) in [5.74, 6) is 0.0894. The van der Waals surface area contributed by atoms with Crippen molar-refractivity contribution in [2.45, 2.75) is 43.6 Å². The van der Waals surface area contributed by atoms with Crippen molar-refractivity contribution in [2.24, 2.45) is 0 Å². The van der Waals surface area contributed by atoms with Gasteiger partial charge in [-0.1, -0.05) is 43.2 Å². The number of benzene rings is 1. The van der Waals surface area contributed by atoms with Crippen LogP contribution in [0.1, 0.15) is 43.6 Å². The number of nitrogens with one attached hydrogen (secondary N) is 2. The summed E-state index contributed by atoms with van der Waals surface area (Å²) >= 11 is 0. The minimum Gasteiger partial charge on any atom is -0.396 e. The van der Waals surface area contributed by atoms with E-state index in [-0.39, 0.29) is 18.6 Å². The molecule has 0 aromatic heterocycles. The Morgan fingerprint density at radius 2 is 1.86 bits per heavy atom. The maximum Gasteiger partial charge on any atom is 0.314 e. The molecule has 1 aromatic rings. The summed E-state index contributed by atoms with van der Waals surface area (Å²) in [6.07, 6.45) is 4.15. The van der Waals surface area contributed by atoms with Crippen LogP contribution >= 0.6 is 0 Å². The molecule has 2 rings (SSSR count). The molecule has 1 unspecified atom stereocenters. The molecule has 0 radical (unpaired) electrons. The Hall–Kier alpha value is -1.59. The minimum absolute atomic E-state index is 0.0859. The molecule has 1 aliphatic rings. The zero-order valence-corrected chi connectivity index (χ0v) is 12.9. The first-order valence-electron chi connectivity index (χ1n) is 8.03. The molecule has 0 saturated heterocycles. The van der Waals surface area contributed by atoms with Gasteiger partial charge in [-0.05, 0) is 24.8 Å². The van der Waals surface area contributed by atoms with Crippen molar-refractivity contribution < 1.29 is 15.0 Å². The fourth-order valence-electron chi connectivity index (χ4n) is 3.00. The molecule has 2 amide bonds. The van der Waals surface area contributed by atoms with Gasteiger partial charge in [0, 0.05) is 25.6 Å². The van der Waals surface area contributed by atoms with Gasteiger partial charge in [0.2, 0.25) is 0 Å². The highest BCUT2D eigenvalue weighted by Gasteiger charge is 2.31. The molecule has 5 nitrogen and oxygen atoms in total. The van der Waals surface area contributed by atoms with Gasteiger partial charge in [-0.2, -0.15) is 0 Å². The monoisotopic (exact) mass is 306 g/mol. The number of rotatable bonds is 7. The molecule has 0 bridgehead atoms. The van der Waals surface area contributed by atoms with Crippen LogP contribution in [0.25, 0.3) is 0 Å². The highest BCUT2D eigenvalue weighted by molar-refractivity contribution is 5.74. The van der Waals surface area contributed by atoms with Gasteiger partial charge in [0.05, 0.1) is 5.60 Å². The lowest BCUT2D eigenvalue weighted by molar-refractivity contribution is 0.0501. The van der Waals surface area contributed by atoms with E-state index in [1.807, 2.05) is 30.3 Å². The molecule has 1 fully saturated rings. The van der Waals surface area contributed by atoms with E-state index in [1.54, 1.807) is 0 Å². The average molecular weight is 306 g/mol. The molecule has 0 spiro atoms. The molecule has 0 heterocycles. The first kappa shape index (κ1) is 16.8. The maximum absolute atomic E-state index is 11.9. The summed E-state index contributed by atoms with van der Waals surface area (Å²) in [6, 6.07) is 9.59. The van der Waals surface area contributed by atoms with Gasteiger partial charge in [-0.3, -0.25) is 0 Å². The number of amides is 2. The van der Waals surface area contributed by atoms with E-state index in [0.717, 1.165) is 31.2 Å². The van der Waals surface area contributed by atoms with Crippen molar-refractivity contribution in [2.75, 3.05) is 19.7 Å². The van der Waals surface area contributed by atoms with Crippen LogP contribution in [0.15, 0.2) is 30.3 Å². The third-order valence-corrected chi connectivity index (χ3v) is 4.37. The van der Waals surface area contributed by atoms with E-state index in [4.69, 9.17) is 0 Å². The van der Waals surface area contributed by atoms with E-state index < -0.39 is 5.60 Å². The van der Waals surface area contributed by atoms with Crippen LogP contribution in [0.2, 0.25) is 0 Å². The zero-order chi connectivity index (χ0) is 15.8. The average Bonchev–Trinajstić information content (AvgIpc) is 2.97. The smallest absolute Gasteiger partial charge is 0.314 e. The Kier molecular flexibility index (Phi) is 6.21. The Morgan fingerprint density at radius 3 is 2.50 bits per heavy atom. The molecule has 1 aliphatic carbocycles. The third kappa shape index (κ3) is 5.00. The molecule has 122 valence electrons. The maximum atomic E-state index is 11.9. The lowest BCUT2D eigenvalue weighted by Gasteiger charge is -2.23. The number of aliphatic hydroxyl groups excluding tert-OH is 1. The number of urea groups is 1. The first-order chi connectivity index (χ1) is 10.6. The minimum atomic E-state index is -0.735. The molecule has 1 saturated carbocycles. The lowest BCUT2D eigenvalue weighted by Crippen LogP contribution is -2.45. The van der Waals surface area contributed by atoms with Crippen LogP contribution in [0.4, 0.5) is 4.79 Å². The van der Waals surface area contributed by atoms with Gasteiger partial charge in [0.15, 0.2) is 0 Å². The number of carbonyl (C=O) groups is 1. The van der Waals surface area contributed by atoms with E-state index in [2.05, 4.69) is 10.6 Å². The van der Waals surface area contributed by atoms with Crippen molar-refractivity contribution >= 4 is 6.03 Å². The summed E-state index contributed by atoms with van der Waals surface area (Å²) < 4.78 is 0. The summed E-state index contributed by atoms with van der Waals surface area (Å²) in [5, 5.41) is 25.0. The van der Waals surface area contributed by atoms with Gasteiger partial charge in [-0.15, -0.1) is 0 Å². The fourth-order valence-corrected chi connectivity index (χ4v) is 3.00. The van der Waals surface area contributed by atoms with Gasteiger partial charge in [0.1, 0.15) is 0 Å². The summed E-state index contributed by atoms with van der Waals surface area (Å²) in [7, 11) is 0. The fraction of sp³-hybridized carbons (Fsp3) is 0.588. The van der Waals surface area contributed by atoms with Gasteiger partial charge in [0.25, 0.3) is 0 Å². The Morgan fingerprint density at radius 1 is 1.18 bits per heavy atom. The van der Waals surface area contributed by atoms with E-state index in [1.165, 1.54) is 0 Å². The standard InChI is InChI=1S/C17H26N2O3/c20-11-8-15(14-6-2-1-3-7-14)12-18-16(21)19-13-17(22)9-4-5-10-17/h1-3,6-7,15,20,22H,4-5,8-13H2,(H2,18,19,21). The Bertz CT molecular complexity index is 458. The van der Waals surface area contributed by atoms with Crippen LogP contribution < -0.4 is 10.6 Å². The molecule has 1 aromatic carbocycles. The van der Waals surface area contributed by atoms with Crippen molar-refractivity contribution in [1.29, 1.82) is 0 Å². The molecule has 1 atom stereocenters. The molecule has 22 heavy (non-hydrogen) atoms. The predicted octanol–water partition coefficient (Wildman–Crippen LogP) is 1.76.